The van der Waals surface area contributed by atoms with Gasteiger partial charge < -0.3 is 9.64 Å². The molecule has 7 heteroatoms. The molecule has 1 saturated heterocycles. The Bertz CT molecular complexity index is 900. The van der Waals surface area contributed by atoms with Crippen molar-refractivity contribution in [2.24, 2.45) is 0 Å². The highest BCUT2D eigenvalue weighted by Gasteiger charge is 2.21. The molecule has 1 fully saturated rings. The second kappa shape index (κ2) is 7.70. The number of nitrogens with one attached hydrogen (secondary N) is 1. The van der Waals surface area contributed by atoms with E-state index in [1.807, 2.05) is 18.2 Å². The number of nitrogens with zero attached hydrogens (tertiary/aromatic N) is 1. The highest BCUT2D eigenvalue weighted by atomic mass is 35.5. The molecule has 27 heavy (non-hydrogen) atoms. The number of hydrogen-bond acceptors (Lipinski definition) is 4. The summed E-state index contributed by atoms with van der Waals surface area (Å²) in [6, 6.07) is 12.2. The van der Waals surface area contributed by atoms with Gasteiger partial charge in [-0.15, -0.1) is 0 Å². The first kappa shape index (κ1) is 20.0. The molecule has 0 atom stereocenters. The van der Waals surface area contributed by atoms with Crippen molar-refractivity contribution in [3.63, 3.8) is 0 Å². The predicted molar refractivity (Wildman–Crippen MR) is 110 cm³/mol. The molecule has 1 N–H and O–H groups in total. The molecular formula is C20H25ClN2O3S. The zero-order chi connectivity index (χ0) is 19.7. The van der Waals surface area contributed by atoms with Gasteiger partial charge in [0.15, 0.2) is 0 Å². The van der Waals surface area contributed by atoms with Gasteiger partial charge in [0.2, 0.25) is 0 Å². The van der Waals surface area contributed by atoms with Crippen molar-refractivity contribution in [1.29, 1.82) is 0 Å². The summed E-state index contributed by atoms with van der Waals surface area (Å²) < 4.78 is 33.9. The monoisotopic (exact) mass is 408 g/mol. The van der Waals surface area contributed by atoms with Crippen molar-refractivity contribution in [3.8, 4) is 0 Å². The number of benzene rings is 2. The van der Waals surface area contributed by atoms with E-state index in [4.69, 9.17) is 16.3 Å². The van der Waals surface area contributed by atoms with Crippen LogP contribution >= 0.6 is 11.6 Å². The third-order valence-corrected chi connectivity index (χ3v) is 6.20. The van der Waals surface area contributed by atoms with E-state index in [1.165, 1.54) is 0 Å². The summed E-state index contributed by atoms with van der Waals surface area (Å²) in [5.41, 5.74) is 2.33. The fourth-order valence-electron chi connectivity index (χ4n) is 3.01. The normalized spacial score (nSPS) is 15.6. The van der Waals surface area contributed by atoms with E-state index in [-0.39, 0.29) is 10.3 Å². The van der Waals surface area contributed by atoms with Crippen LogP contribution in [0.1, 0.15) is 26.3 Å². The molecule has 1 aliphatic heterocycles. The minimum atomic E-state index is -3.72. The molecule has 2 aromatic carbocycles. The van der Waals surface area contributed by atoms with Crippen LogP contribution in [0.25, 0.3) is 0 Å². The molecule has 2 aromatic rings. The molecule has 0 unspecified atom stereocenters. The lowest BCUT2D eigenvalue weighted by molar-refractivity contribution is 0.123. The Hall–Kier alpha value is -1.76. The maximum atomic E-state index is 12.9. The smallest absolute Gasteiger partial charge is 0.261 e. The number of rotatable bonds is 4. The van der Waals surface area contributed by atoms with Crippen LogP contribution in [0.15, 0.2) is 47.4 Å². The number of halogens is 1. The molecule has 1 aliphatic rings. The molecule has 3 rings (SSSR count). The zero-order valence-electron chi connectivity index (χ0n) is 15.8. The topological polar surface area (TPSA) is 58.6 Å². The first-order valence-corrected chi connectivity index (χ1v) is 10.8. The van der Waals surface area contributed by atoms with E-state index in [2.05, 4.69) is 30.4 Å². The summed E-state index contributed by atoms with van der Waals surface area (Å²) in [6.07, 6.45) is 0. The Morgan fingerprint density at radius 3 is 2.26 bits per heavy atom. The summed E-state index contributed by atoms with van der Waals surface area (Å²) in [6.45, 7) is 8.92. The highest BCUT2D eigenvalue weighted by molar-refractivity contribution is 7.92. The lowest BCUT2D eigenvalue weighted by Gasteiger charge is -2.30. The summed E-state index contributed by atoms with van der Waals surface area (Å²) in [7, 11) is -3.72. The van der Waals surface area contributed by atoms with Crippen LogP contribution in [0, 0.1) is 0 Å². The summed E-state index contributed by atoms with van der Waals surface area (Å²) in [4.78, 5) is 2.32. The molecule has 0 aliphatic carbocycles. The van der Waals surface area contributed by atoms with E-state index < -0.39 is 10.0 Å². The molecule has 0 amide bonds. The van der Waals surface area contributed by atoms with Gasteiger partial charge in [-0.05, 0) is 41.3 Å². The highest BCUT2D eigenvalue weighted by Crippen LogP contribution is 2.32. The predicted octanol–water partition coefficient (Wildman–Crippen LogP) is 4.27. The minimum absolute atomic E-state index is 0.0355. The Morgan fingerprint density at radius 1 is 1.04 bits per heavy atom. The molecule has 1 heterocycles. The molecule has 0 bridgehead atoms. The van der Waals surface area contributed by atoms with Gasteiger partial charge in [0.25, 0.3) is 10.0 Å². The molecule has 0 saturated carbocycles. The number of sulfonamides is 1. The van der Waals surface area contributed by atoms with Crippen LogP contribution in [-0.2, 0) is 20.2 Å². The van der Waals surface area contributed by atoms with Gasteiger partial charge >= 0.3 is 0 Å². The average Bonchev–Trinajstić information content (AvgIpc) is 2.62. The molecule has 5 nitrogen and oxygen atoms in total. The van der Waals surface area contributed by atoms with Gasteiger partial charge in [-0.2, -0.15) is 0 Å². The number of hydrogen-bond donors (Lipinski definition) is 1. The molecule has 0 aromatic heterocycles. The Kier molecular flexibility index (Phi) is 5.70. The van der Waals surface area contributed by atoms with E-state index in [9.17, 15) is 8.42 Å². The number of morpholine rings is 1. The van der Waals surface area contributed by atoms with E-state index in [0.717, 1.165) is 11.3 Å². The van der Waals surface area contributed by atoms with E-state index in [0.29, 0.717) is 37.0 Å². The fraction of sp³-hybridized carbons (Fsp3) is 0.400. The van der Waals surface area contributed by atoms with Crippen LogP contribution in [0.4, 0.5) is 11.4 Å². The molecule has 146 valence electrons. The van der Waals surface area contributed by atoms with Crippen molar-refractivity contribution in [1.82, 2.24) is 0 Å². The second-order valence-corrected chi connectivity index (χ2v) is 9.76. The van der Waals surface area contributed by atoms with Gasteiger partial charge in [-0.1, -0.05) is 44.5 Å². The van der Waals surface area contributed by atoms with Crippen LogP contribution < -0.4 is 9.62 Å². The first-order chi connectivity index (χ1) is 12.7. The molecule has 0 radical (unpaired) electrons. The summed E-state index contributed by atoms with van der Waals surface area (Å²) >= 11 is 6.12. The lowest BCUT2D eigenvalue weighted by Crippen LogP contribution is -2.36. The van der Waals surface area contributed by atoms with E-state index >= 15 is 0 Å². The Labute approximate surface area is 166 Å². The van der Waals surface area contributed by atoms with E-state index in [1.54, 1.807) is 24.3 Å². The SMILES string of the molecule is CC(C)(C)c1ccc(S(=O)(=O)Nc2cc(Cl)ccc2N2CCOCC2)cc1. The van der Waals surface area contributed by atoms with Gasteiger partial charge in [0.05, 0.1) is 29.5 Å². The van der Waals surface area contributed by atoms with Gasteiger partial charge in [0.1, 0.15) is 0 Å². The van der Waals surface area contributed by atoms with Crippen molar-refractivity contribution in [2.75, 3.05) is 35.9 Å². The zero-order valence-corrected chi connectivity index (χ0v) is 17.4. The Balaban J connectivity index is 1.90. The standard InChI is InChI=1S/C20H25ClN2O3S/c1-20(2,3)15-4-7-17(8-5-15)27(24,25)22-18-14-16(21)6-9-19(18)23-10-12-26-13-11-23/h4-9,14,22H,10-13H2,1-3H3. The average molecular weight is 409 g/mol. The van der Waals surface area contributed by atoms with Gasteiger partial charge in [-0.25, -0.2) is 8.42 Å². The summed E-state index contributed by atoms with van der Waals surface area (Å²) in [5, 5.41) is 0.479. The van der Waals surface area contributed by atoms with Crippen LogP contribution in [0.2, 0.25) is 5.02 Å². The largest absolute Gasteiger partial charge is 0.378 e. The van der Waals surface area contributed by atoms with Crippen molar-refractivity contribution in [3.05, 3.63) is 53.1 Å². The van der Waals surface area contributed by atoms with Gasteiger partial charge in [-0.3, -0.25) is 4.72 Å². The maximum absolute atomic E-state index is 12.9. The van der Waals surface area contributed by atoms with Crippen LogP contribution in [0.3, 0.4) is 0 Å². The van der Waals surface area contributed by atoms with Crippen LogP contribution in [-0.4, -0.2) is 34.7 Å². The second-order valence-electron chi connectivity index (χ2n) is 7.64. The molecule has 0 spiro atoms. The quantitative estimate of drug-likeness (QED) is 0.820. The number of ether oxygens (including phenoxy) is 1. The first-order valence-electron chi connectivity index (χ1n) is 8.92. The maximum Gasteiger partial charge on any atom is 0.261 e. The minimum Gasteiger partial charge on any atom is -0.378 e. The van der Waals surface area contributed by atoms with Crippen molar-refractivity contribution in [2.45, 2.75) is 31.1 Å². The van der Waals surface area contributed by atoms with Crippen molar-refractivity contribution < 1.29 is 13.2 Å². The van der Waals surface area contributed by atoms with Crippen molar-refractivity contribution >= 4 is 33.0 Å². The molecular weight excluding hydrogens is 384 g/mol. The van der Waals surface area contributed by atoms with Gasteiger partial charge in [0, 0.05) is 18.1 Å². The number of anilines is 2. The third-order valence-electron chi connectivity index (χ3n) is 4.59. The third kappa shape index (κ3) is 4.75. The fourth-order valence-corrected chi connectivity index (χ4v) is 4.25. The lowest BCUT2D eigenvalue weighted by atomic mass is 9.87. The van der Waals surface area contributed by atoms with Crippen LogP contribution in [0.5, 0.6) is 0 Å². The summed E-state index contributed by atoms with van der Waals surface area (Å²) in [5.74, 6) is 0. The Morgan fingerprint density at radius 2 is 1.67 bits per heavy atom.